The Labute approximate surface area is 212 Å². The summed E-state index contributed by atoms with van der Waals surface area (Å²) in [6, 6.07) is 4.34. The summed E-state index contributed by atoms with van der Waals surface area (Å²) in [5.41, 5.74) is 2.82. The highest BCUT2D eigenvalue weighted by atomic mass is 32.1. The second-order valence-electron chi connectivity index (χ2n) is 8.83. The first kappa shape index (κ1) is 25.0. The van der Waals surface area contributed by atoms with E-state index in [2.05, 4.69) is 9.97 Å². The van der Waals surface area contributed by atoms with Crippen molar-refractivity contribution in [3.05, 3.63) is 41.0 Å². The third-order valence-corrected chi connectivity index (χ3v) is 7.68. The highest BCUT2D eigenvalue weighted by Gasteiger charge is 2.38. The Morgan fingerprint density at radius 3 is 2.62 bits per heavy atom. The molecule has 2 aromatic carbocycles. The molecule has 2 N–H and O–H groups in total. The SMILES string of the molecule is COc1nc(N2CCCCC2C)c2cc(C(F)(F)F)c(-c3ccc(F)c4sc(N)c(C#N)c34)c(F)c2n1. The fourth-order valence-electron chi connectivity index (χ4n) is 4.91. The van der Waals surface area contributed by atoms with Crippen LogP contribution in [0.15, 0.2) is 18.2 Å². The molecule has 1 unspecified atom stereocenters. The van der Waals surface area contributed by atoms with Crippen molar-refractivity contribution in [3.63, 3.8) is 0 Å². The monoisotopic (exact) mass is 533 g/mol. The molecule has 1 aliphatic rings. The fraction of sp³-hybridized carbons (Fsp3) is 0.320. The van der Waals surface area contributed by atoms with E-state index in [0.717, 1.165) is 37.5 Å². The number of fused-ring (bicyclic) bond motifs is 2. The maximum atomic E-state index is 16.3. The summed E-state index contributed by atoms with van der Waals surface area (Å²) in [4.78, 5) is 10.2. The van der Waals surface area contributed by atoms with E-state index in [0.29, 0.717) is 17.9 Å². The normalized spacial score (nSPS) is 16.4. The lowest BCUT2D eigenvalue weighted by Crippen LogP contribution is -2.38. The van der Waals surface area contributed by atoms with Crippen molar-refractivity contribution in [1.82, 2.24) is 9.97 Å². The summed E-state index contributed by atoms with van der Waals surface area (Å²) in [6.45, 7) is 2.45. The lowest BCUT2D eigenvalue weighted by molar-refractivity contribution is -0.137. The molecule has 1 atom stereocenters. The molecule has 3 heterocycles. The molecule has 4 aromatic rings. The molecule has 192 valence electrons. The number of benzene rings is 2. The number of methoxy groups -OCH3 is 1. The van der Waals surface area contributed by atoms with Crippen LogP contribution in [0.25, 0.3) is 32.1 Å². The number of hydrogen-bond donors (Lipinski definition) is 1. The van der Waals surface area contributed by atoms with E-state index >= 15 is 4.39 Å². The Bertz CT molecular complexity index is 1590. The molecule has 6 nitrogen and oxygen atoms in total. The standard InChI is InChI=1S/C25H20F5N5OS/c1-11-5-3-4-8-35(11)23-13-9-15(25(28,29)30)18(19(27)20(13)33-24(34-23)36-2)12-6-7-16(26)21-17(12)14(10-31)22(32)37-21/h6-7,9,11H,3-5,8,32H2,1-2H3. The average Bonchev–Trinajstić information content (AvgIpc) is 3.20. The Morgan fingerprint density at radius 2 is 1.97 bits per heavy atom. The quantitative estimate of drug-likeness (QED) is 0.297. The van der Waals surface area contributed by atoms with Gasteiger partial charge < -0.3 is 15.4 Å². The van der Waals surface area contributed by atoms with E-state index in [-0.39, 0.29) is 55.0 Å². The van der Waals surface area contributed by atoms with Crippen LogP contribution >= 0.6 is 11.3 Å². The van der Waals surface area contributed by atoms with Gasteiger partial charge in [0.1, 0.15) is 28.2 Å². The number of anilines is 2. The lowest BCUT2D eigenvalue weighted by Gasteiger charge is -2.35. The topological polar surface area (TPSA) is 88.1 Å². The number of thiophene rings is 1. The van der Waals surface area contributed by atoms with Crippen LogP contribution in [0.3, 0.4) is 0 Å². The number of aromatic nitrogens is 2. The number of piperidine rings is 1. The Balaban J connectivity index is 1.93. The van der Waals surface area contributed by atoms with Gasteiger partial charge in [-0.15, -0.1) is 11.3 Å². The first-order valence-corrected chi connectivity index (χ1v) is 12.2. The minimum atomic E-state index is -5.00. The molecule has 0 spiro atoms. The van der Waals surface area contributed by atoms with Crippen molar-refractivity contribution in [2.45, 2.75) is 38.4 Å². The zero-order chi connectivity index (χ0) is 26.6. The van der Waals surface area contributed by atoms with Gasteiger partial charge in [0.05, 0.1) is 22.9 Å². The Hall–Kier alpha value is -3.72. The van der Waals surface area contributed by atoms with Crippen LogP contribution in [0.5, 0.6) is 6.01 Å². The highest BCUT2D eigenvalue weighted by Crippen LogP contribution is 2.48. The van der Waals surface area contributed by atoms with Crippen molar-refractivity contribution in [1.29, 1.82) is 5.26 Å². The summed E-state index contributed by atoms with van der Waals surface area (Å²) in [5.74, 6) is -1.91. The van der Waals surface area contributed by atoms with E-state index in [1.165, 1.54) is 7.11 Å². The summed E-state index contributed by atoms with van der Waals surface area (Å²) >= 11 is 0.713. The van der Waals surface area contributed by atoms with Gasteiger partial charge in [-0.25, -0.2) is 8.78 Å². The van der Waals surface area contributed by atoms with E-state index in [1.807, 2.05) is 17.9 Å². The molecule has 5 rings (SSSR count). The van der Waals surface area contributed by atoms with Crippen LogP contribution in [0.1, 0.15) is 37.3 Å². The highest BCUT2D eigenvalue weighted by molar-refractivity contribution is 7.23. The molecule has 0 bridgehead atoms. The van der Waals surface area contributed by atoms with E-state index < -0.39 is 28.9 Å². The largest absolute Gasteiger partial charge is 0.467 e. The average molecular weight is 534 g/mol. The van der Waals surface area contributed by atoms with E-state index in [4.69, 9.17) is 10.5 Å². The molecule has 0 radical (unpaired) electrons. The molecule has 2 aromatic heterocycles. The maximum Gasteiger partial charge on any atom is 0.417 e. The van der Waals surface area contributed by atoms with Crippen molar-refractivity contribution >= 4 is 43.1 Å². The van der Waals surface area contributed by atoms with Crippen molar-refractivity contribution in [2.75, 3.05) is 24.3 Å². The predicted molar refractivity (Wildman–Crippen MR) is 132 cm³/mol. The molecule has 0 amide bonds. The second-order valence-corrected chi connectivity index (χ2v) is 9.88. The number of alkyl halides is 3. The van der Waals surface area contributed by atoms with Crippen LogP contribution in [0.2, 0.25) is 0 Å². The Morgan fingerprint density at radius 1 is 1.22 bits per heavy atom. The van der Waals surface area contributed by atoms with Gasteiger partial charge >= 0.3 is 12.2 Å². The number of nitrogens with two attached hydrogens (primary N) is 1. The third-order valence-electron chi connectivity index (χ3n) is 6.65. The number of rotatable bonds is 3. The summed E-state index contributed by atoms with van der Waals surface area (Å²) < 4.78 is 79.4. The zero-order valence-electron chi connectivity index (χ0n) is 19.7. The predicted octanol–water partition coefficient (Wildman–Crippen LogP) is 6.65. The number of nitrogen functional groups attached to an aromatic ring is 1. The molecule has 37 heavy (non-hydrogen) atoms. The molecule has 0 aliphatic carbocycles. The number of halogens is 5. The van der Waals surface area contributed by atoms with Crippen molar-refractivity contribution in [3.8, 4) is 23.2 Å². The fourth-order valence-corrected chi connectivity index (χ4v) is 5.86. The van der Waals surface area contributed by atoms with Gasteiger partial charge in [0.25, 0.3) is 0 Å². The molecule has 12 heteroatoms. The van der Waals surface area contributed by atoms with Crippen LogP contribution < -0.4 is 15.4 Å². The molecule has 1 fully saturated rings. The van der Waals surface area contributed by atoms with Gasteiger partial charge in [0, 0.05) is 28.9 Å². The zero-order valence-corrected chi connectivity index (χ0v) is 20.5. The molecule has 1 saturated heterocycles. The first-order valence-electron chi connectivity index (χ1n) is 11.4. The minimum absolute atomic E-state index is 0.0441. The van der Waals surface area contributed by atoms with Crippen molar-refractivity contribution < 1.29 is 26.7 Å². The van der Waals surface area contributed by atoms with E-state index in [1.54, 1.807) is 0 Å². The van der Waals surface area contributed by atoms with Gasteiger partial charge in [-0.1, -0.05) is 6.07 Å². The summed E-state index contributed by atoms with van der Waals surface area (Å²) in [5, 5.41) is 9.23. The van der Waals surface area contributed by atoms with Crippen LogP contribution in [-0.2, 0) is 6.18 Å². The molecule has 0 saturated carbocycles. The second kappa shape index (κ2) is 8.99. The molecule has 1 aliphatic heterocycles. The number of ether oxygens (including phenoxy) is 1. The first-order chi connectivity index (χ1) is 17.6. The molecular weight excluding hydrogens is 513 g/mol. The smallest absolute Gasteiger partial charge is 0.417 e. The lowest BCUT2D eigenvalue weighted by atomic mass is 9.92. The number of nitrogens with zero attached hydrogens (tertiary/aromatic N) is 4. The van der Waals surface area contributed by atoms with Crippen LogP contribution in [0, 0.1) is 23.0 Å². The maximum absolute atomic E-state index is 16.3. The van der Waals surface area contributed by atoms with Gasteiger partial charge in [-0.05, 0) is 43.9 Å². The minimum Gasteiger partial charge on any atom is -0.467 e. The van der Waals surface area contributed by atoms with Gasteiger partial charge in [-0.3, -0.25) is 0 Å². The Kier molecular flexibility index (Phi) is 6.06. The van der Waals surface area contributed by atoms with Gasteiger partial charge in [0.2, 0.25) is 0 Å². The number of hydrogen-bond acceptors (Lipinski definition) is 7. The van der Waals surface area contributed by atoms with Crippen LogP contribution in [-0.4, -0.2) is 29.7 Å². The number of nitriles is 1. The summed E-state index contributed by atoms with van der Waals surface area (Å²) in [6.07, 6.45) is -2.45. The summed E-state index contributed by atoms with van der Waals surface area (Å²) in [7, 11) is 1.28. The van der Waals surface area contributed by atoms with Crippen LogP contribution in [0.4, 0.5) is 32.8 Å². The van der Waals surface area contributed by atoms with Crippen molar-refractivity contribution in [2.24, 2.45) is 0 Å². The van der Waals surface area contributed by atoms with Gasteiger partial charge in [-0.2, -0.15) is 28.4 Å². The van der Waals surface area contributed by atoms with E-state index in [9.17, 15) is 22.8 Å². The van der Waals surface area contributed by atoms with Gasteiger partial charge in [0.15, 0.2) is 5.82 Å². The molecular formula is C25H20F5N5OS. The third kappa shape index (κ3) is 3.98.